The van der Waals surface area contributed by atoms with Gasteiger partial charge >= 0.3 is 6.18 Å². The molecule has 7 heteroatoms. The molecule has 1 atom stereocenters. The molecule has 128 valence electrons. The largest absolute Gasteiger partial charge is 0.417 e. The van der Waals surface area contributed by atoms with Gasteiger partial charge in [-0.05, 0) is 18.1 Å². The van der Waals surface area contributed by atoms with Crippen LogP contribution in [0, 0.1) is 0 Å². The van der Waals surface area contributed by atoms with Gasteiger partial charge in [-0.3, -0.25) is 4.79 Å². The van der Waals surface area contributed by atoms with Crippen LogP contribution in [0.1, 0.15) is 36.0 Å². The maximum absolute atomic E-state index is 12.7. The Morgan fingerprint density at radius 3 is 2.54 bits per heavy atom. The lowest BCUT2D eigenvalue weighted by Gasteiger charge is -2.16. The van der Waals surface area contributed by atoms with Crippen molar-refractivity contribution in [3.63, 3.8) is 0 Å². The molecule has 0 spiro atoms. The first kappa shape index (κ1) is 17.8. The van der Waals surface area contributed by atoms with Gasteiger partial charge in [0.2, 0.25) is 5.91 Å². The molecule has 0 aliphatic carbocycles. The Hall–Kier alpha value is -2.57. The van der Waals surface area contributed by atoms with Crippen LogP contribution in [0.25, 0.3) is 0 Å². The lowest BCUT2D eigenvalue weighted by Crippen LogP contribution is -2.29. The number of nitrogens with two attached hydrogens (primary N) is 1. The lowest BCUT2D eigenvalue weighted by atomic mass is 9.95. The standard InChI is InChI=1S/C17H18F3N3O/c1-2-14(11-6-4-3-5-7-11)16(24)23-9-12-8-13(17(18,19)20)10-22-15(12)21/h3-8,10,14H,2,9H2,1H3,(H2,21,22)(H,23,24)/t14-/m0/s1. The summed E-state index contributed by atoms with van der Waals surface area (Å²) in [5.74, 6) is -0.664. The molecule has 2 aromatic rings. The highest BCUT2D eigenvalue weighted by molar-refractivity contribution is 5.83. The van der Waals surface area contributed by atoms with Crippen LogP contribution in [-0.2, 0) is 17.5 Å². The van der Waals surface area contributed by atoms with Crippen LogP contribution in [0.3, 0.4) is 0 Å². The van der Waals surface area contributed by atoms with Gasteiger partial charge in [0.25, 0.3) is 0 Å². The molecular weight excluding hydrogens is 319 g/mol. The van der Waals surface area contributed by atoms with Gasteiger partial charge in [0.05, 0.1) is 11.5 Å². The second-order valence-corrected chi connectivity index (χ2v) is 5.36. The summed E-state index contributed by atoms with van der Waals surface area (Å²) in [5.41, 5.74) is 5.71. The number of aromatic nitrogens is 1. The molecule has 2 rings (SSSR count). The number of carbonyl (C=O) groups is 1. The number of amides is 1. The first-order valence-electron chi connectivity index (χ1n) is 7.47. The number of anilines is 1. The fourth-order valence-corrected chi connectivity index (χ4v) is 2.38. The van der Waals surface area contributed by atoms with Crippen LogP contribution >= 0.6 is 0 Å². The summed E-state index contributed by atoms with van der Waals surface area (Å²) in [6.07, 6.45) is -3.25. The number of benzene rings is 1. The van der Waals surface area contributed by atoms with Crippen molar-refractivity contribution in [3.05, 3.63) is 59.3 Å². The zero-order valence-corrected chi connectivity index (χ0v) is 13.1. The zero-order chi connectivity index (χ0) is 17.7. The van der Waals surface area contributed by atoms with E-state index in [0.29, 0.717) is 12.6 Å². The molecule has 0 aliphatic heterocycles. The Morgan fingerprint density at radius 2 is 1.96 bits per heavy atom. The number of alkyl halides is 3. The van der Waals surface area contributed by atoms with E-state index in [9.17, 15) is 18.0 Å². The molecule has 24 heavy (non-hydrogen) atoms. The van der Waals surface area contributed by atoms with Gasteiger partial charge in [-0.2, -0.15) is 13.2 Å². The van der Waals surface area contributed by atoms with Crippen molar-refractivity contribution in [2.75, 3.05) is 5.73 Å². The summed E-state index contributed by atoms with van der Waals surface area (Å²) < 4.78 is 38.2. The molecular formula is C17H18F3N3O. The molecule has 3 N–H and O–H groups in total. The molecule has 1 aromatic heterocycles. The zero-order valence-electron chi connectivity index (χ0n) is 13.1. The Balaban J connectivity index is 2.11. The van der Waals surface area contributed by atoms with E-state index in [1.54, 1.807) is 0 Å². The van der Waals surface area contributed by atoms with Crippen LogP contribution in [0.2, 0.25) is 0 Å². The summed E-state index contributed by atoms with van der Waals surface area (Å²) in [4.78, 5) is 15.9. The number of hydrogen-bond donors (Lipinski definition) is 2. The van der Waals surface area contributed by atoms with E-state index >= 15 is 0 Å². The van der Waals surface area contributed by atoms with Gasteiger partial charge in [-0.15, -0.1) is 0 Å². The second-order valence-electron chi connectivity index (χ2n) is 5.36. The third-order valence-corrected chi connectivity index (χ3v) is 3.71. The van der Waals surface area contributed by atoms with Crippen LogP contribution in [-0.4, -0.2) is 10.9 Å². The fourth-order valence-electron chi connectivity index (χ4n) is 2.38. The summed E-state index contributed by atoms with van der Waals surface area (Å²) in [7, 11) is 0. The average molecular weight is 337 g/mol. The van der Waals surface area contributed by atoms with Crippen LogP contribution in [0.4, 0.5) is 19.0 Å². The number of halogens is 3. The Labute approximate surface area is 137 Å². The van der Waals surface area contributed by atoms with Gasteiger partial charge in [-0.25, -0.2) is 4.98 Å². The molecule has 0 radical (unpaired) electrons. The van der Waals surface area contributed by atoms with E-state index in [1.165, 1.54) is 0 Å². The van der Waals surface area contributed by atoms with Gasteiger partial charge in [0.15, 0.2) is 0 Å². The average Bonchev–Trinajstić information content (AvgIpc) is 2.54. The van der Waals surface area contributed by atoms with Crippen molar-refractivity contribution >= 4 is 11.7 Å². The normalized spacial score (nSPS) is 12.7. The molecule has 0 bridgehead atoms. The summed E-state index contributed by atoms with van der Waals surface area (Å²) in [5, 5.41) is 2.64. The smallest absolute Gasteiger partial charge is 0.383 e. The SMILES string of the molecule is CC[C@H](C(=O)NCc1cc(C(F)(F)F)cnc1N)c1ccccc1. The van der Waals surface area contributed by atoms with Crippen LogP contribution < -0.4 is 11.1 Å². The minimum absolute atomic E-state index is 0.0314. The molecule has 4 nitrogen and oxygen atoms in total. The predicted molar refractivity (Wildman–Crippen MR) is 85.0 cm³/mol. The van der Waals surface area contributed by atoms with Crippen molar-refractivity contribution in [2.45, 2.75) is 32.0 Å². The maximum atomic E-state index is 12.7. The molecule has 0 aliphatic rings. The predicted octanol–water partition coefficient (Wildman–Crippen LogP) is 3.49. The van der Waals surface area contributed by atoms with E-state index in [0.717, 1.165) is 11.6 Å². The van der Waals surface area contributed by atoms with Gasteiger partial charge < -0.3 is 11.1 Å². The highest BCUT2D eigenvalue weighted by Gasteiger charge is 2.31. The summed E-state index contributed by atoms with van der Waals surface area (Å²) in [6, 6.07) is 10.1. The van der Waals surface area contributed by atoms with E-state index in [2.05, 4.69) is 10.3 Å². The number of hydrogen-bond acceptors (Lipinski definition) is 3. The van der Waals surface area contributed by atoms with Gasteiger partial charge in [-0.1, -0.05) is 37.3 Å². The van der Waals surface area contributed by atoms with E-state index in [4.69, 9.17) is 5.73 Å². The third-order valence-electron chi connectivity index (χ3n) is 3.71. The van der Waals surface area contributed by atoms with Crippen molar-refractivity contribution in [3.8, 4) is 0 Å². The summed E-state index contributed by atoms with van der Waals surface area (Å²) >= 11 is 0. The molecule has 1 heterocycles. The number of nitrogens with one attached hydrogen (secondary N) is 1. The van der Waals surface area contributed by atoms with Crippen LogP contribution in [0.15, 0.2) is 42.6 Å². The molecule has 0 saturated heterocycles. The number of nitrogens with zero attached hydrogens (tertiary/aromatic N) is 1. The van der Waals surface area contributed by atoms with E-state index < -0.39 is 11.7 Å². The first-order chi connectivity index (χ1) is 11.3. The van der Waals surface area contributed by atoms with Crippen molar-refractivity contribution in [2.24, 2.45) is 0 Å². The molecule has 1 amide bonds. The van der Waals surface area contributed by atoms with Crippen molar-refractivity contribution < 1.29 is 18.0 Å². The van der Waals surface area contributed by atoms with Crippen LogP contribution in [0.5, 0.6) is 0 Å². The Kier molecular flexibility index (Phi) is 5.43. The quantitative estimate of drug-likeness (QED) is 0.877. The third kappa shape index (κ3) is 4.24. The fraction of sp³-hybridized carbons (Fsp3) is 0.294. The molecule has 0 unspecified atom stereocenters. The highest BCUT2D eigenvalue weighted by atomic mass is 19.4. The lowest BCUT2D eigenvalue weighted by molar-refractivity contribution is -0.137. The molecule has 0 saturated carbocycles. The molecule has 0 fully saturated rings. The number of pyridine rings is 1. The number of carbonyl (C=O) groups excluding carboxylic acids is 1. The molecule has 1 aromatic carbocycles. The first-order valence-corrected chi connectivity index (χ1v) is 7.47. The van der Waals surface area contributed by atoms with E-state index in [-0.39, 0.29) is 29.8 Å². The second kappa shape index (κ2) is 7.33. The minimum Gasteiger partial charge on any atom is -0.383 e. The Morgan fingerprint density at radius 1 is 1.29 bits per heavy atom. The van der Waals surface area contributed by atoms with Crippen molar-refractivity contribution in [1.29, 1.82) is 0 Å². The summed E-state index contributed by atoms with van der Waals surface area (Å²) in [6.45, 7) is 1.77. The van der Waals surface area contributed by atoms with Crippen molar-refractivity contribution in [1.82, 2.24) is 10.3 Å². The van der Waals surface area contributed by atoms with Gasteiger partial charge in [0.1, 0.15) is 5.82 Å². The minimum atomic E-state index is -4.50. The maximum Gasteiger partial charge on any atom is 0.417 e. The monoisotopic (exact) mass is 337 g/mol. The van der Waals surface area contributed by atoms with E-state index in [1.807, 2.05) is 37.3 Å². The highest BCUT2D eigenvalue weighted by Crippen LogP contribution is 2.30. The Bertz CT molecular complexity index is 702. The topological polar surface area (TPSA) is 68.0 Å². The number of rotatable bonds is 5. The number of nitrogen functional groups attached to an aromatic ring is 1. The van der Waals surface area contributed by atoms with Gasteiger partial charge in [0, 0.05) is 18.3 Å².